The number of pyridine rings is 1. The molecule has 2 N–H and O–H groups in total. The van der Waals surface area contributed by atoms with Gasteiger partial charge in [-0.3, -0.25) is 4.79 Å². The maximum Gasteiger partial charge on any atom is 0.225 e. The molecular weight excluding hydrogens is 495 g/mol. The lowest BCUT2D eigenvalue weighted by Gasteiger charge is -2.22. The Bertz CT molecular complexity index is 1630. The molecule has 2 atom stereocenters. The van der Waals surface area contributed by atoms with Crippen LogP contribution in [0, 0.1) is 24.9 Å². The van der Waals surface area contributed by atoms with Crippen molar-refractivity contribution in [1.29, 1.82) is 0 Å². The molecule has 2 aromatic heterocycles. The van der Waals surface area contributed by atoms with Gasteiger partial charge in [-0.1, -0.05) is 42.0 Å². The van der Waals surface area contributed by atoms with E-state index in [1.165, 1.54) is 18.3 Å². The van der Waals surface area contributed by atoms with E-state index in [1.54, 1.807) is 42.5 Å². The van der Waals surface area contributed by atoms with Gasteiger partial charge in [0.25, 0.3) is 0 Å². The highest BCUT2D eigenvalue weighted by molar-refractivity contribution is 5.83. The first kappa shape index (κ1) is 26.1. The van der Waals surface area contributed by atoms with Gasteiger partial charge in [0.05, 0.1) is 19.1 Å². The first-order valence-electron chi connectivity index (χ1n) is 12.8. The average Bonchev–Trinajstić information content (AvgIpc) is 3.33. The zero-order valence-electron chi connectivity index (χ0n) is 21.7. The number of halogens is 1. The maximum absolute atomic E-state index is 13.6. The van der Waals surface area contributed by atoms with Crippen LogP contribution in [0.1, 0.15) is 51.2 Å². The van der Waals surface area contributed by atoms with Crippen molar-refractivity contribution in [3.8, 4) is 0 Å². The molecule has 0 aliphatic rings. The van der Waals surface area contributed by atoms with E-state index in [1.807, 2.05) is 38.1 Å². The Labute approximate surface area is 225 Å². The molecule has 6 nitrogen and oxygen atoms in total. The summed E-state index contributed by atoms with van der Waals surface area (Å²) in [5.74, 6) is -0.663. The average molecular weight is 525 g/mol. The molecule has 0 aliphatic carbocycles. The topological polar surface area (TPSA) is 89.4 Å². The summed E-state index contributed by atoms with van der Waals surface area (Å²) in [7, 11) is 0. The summed E-state index contributed by atoms with van der Waals surface area (Å²) in [6.07, 6.45) is 1.51. The van der Waals surface area contributed by atoms with Crippen LogP contribution in [-0.2, 0) is 11.2 Å². The predicted molar refractivity (Wildman–Crippen MR) is 147 cm³/mol. The number of carbonyl (C=O) groups is 1. The van der Waals surface area contributed by atoms with Gasteiger partial charge in [-0.15, -0.1) is 0 Å². The van der Waals surface area contributed by atoms with Crippen molar-refractivity contribution in [2.45, 2.75) is 32.2 Å². The molecule has 0 fully saturated rings. The number of aliphatic hydroxyl groups is 1. The summed E-state index contributed by atoms with van der Waals surface area (Å²) in [5.41, 5.74) is 5.66. The third-order valence-electron chi connectivity index (χ3n) is 6.95. The van der Waals surface area contributed by atoms with Crippen LogP contribution in [0.25, 0.3) is 11.0 Å². The highest BCUT2D eigenvalue weighted by Crippen LogP contribution is 2.30. The van der Waals surface area contributed by atoms with Gasteiger partial charge in [-0.25, -0.2) is 4.39 Å². The molecule has 0 spiro atoms. The molecule has 3 aromatic carbocycles. The Balaban J connectivity index is 1.39. The number of aryl methyl sites for hydroxylation is 2. The number of hydrogen-bond acceptors (Lipinski definition) is 4. The SMILES string of the molecule is Cc1ccc(C(NC(=O)Cc2ccc3oc(C(CO)c4cccc[n+]4[O-])cc3c2)c2ccc(F)cc2)c(C)c1. The van der Waals surface area contributed by atoms with Crippen molar-refractivity contribution >= 4 is 16.9 Å². The summed E-state index contributed by atoms with van der Waals surface area (Å²) < 4.78 is 20.3. The first-order valence-corrected chi connectivity index (χ1v) is 12.8. The van der Waals surface area contributed by atoms with Gasteiger partial charge in [-0.05, 0) is 72.5 Å². The smallest absolute Gasteiger partial charge is 0.225 e. The molecule has 0 radical (unpaired) electrons. The fraction of sp³-hybridized carbons (Fsp3) is 0.188. The number of benzene rings is 3. The molecule has 7 heteroatoms. The second kappa shape index (κ2) is 11.1. The number of hydrogen-bond donors (Lipinski definition) is 2. The summed E-state index contributed by atoms with van der Waals surface area (Å²) in [5, 5.41) is 26.1. The second-order valence-corrected chi connectivity index (χ2v) is 9.80. The minimum Gasteiger partial charge on any atom is -0.618 e. The van der Waals surface area contributed by atoms with E-state index in [9.17, 15) is 19.5 Å². The predicted octanol–water partition coefficient (Wildman–Crippen LogP) is 5.39. The highest BCUT2D eigenvalue weighted by Gasteiger charge is 2.25. The molecule has 1 amide bonds. The number of nitrogens with zero attached hydrogens (tertiary/aromatic N) is 1. The van der Waals surface area contributed by atoms with E-state index in [2.05, 4.69) is 11.4 Å². The third kappa shape index (κ3) is 5.68. The van der Waals surface area contributed by atoms with Crippen LogP contribution in [0.15, 0.2) is 95.5 Å². The number of rotatable bonds is 8. The van der Waals surface area contributed by atoms with E-state index in [0.29, 0.717) is 17.0 Å². The van der Waals surface area contributed by atoms with Crippen LogP contribution in [-0.4, -0.2) is 17.6 Å². The number of aliphatic hydroxyl groups excluding tert-OH is 1. The van der Waals surface area contributed by atoms with E-state index in [-0.39, 0.29) is 24.8 Å². The monoisotopic (exact) mass is 524 g/mol. The Hall–Kier alpha value is -4.49. The first-order chi connectivity index (χ1) is 18.8. The van der Waals surface area contributed by atoms with Crippen LogP contribution in [0.3, 0.4) is 0 Å². The molecular formula is C32H29FN2O4. The maximum atomic E-state index is 13.6. The third-order valence-corrected chi connectivity index (χ3v) is 6.95. The molecule has 0 saturated carbocycles. The minimum atomic E-state index is -0.614. The minimum absolute atomic E-state index is 0.127. The van der Waals surface area contributed by atoms with E-state index < -0.39 is 12.0 Å². The van der Waals surface area contributed by atoms with E-state index >= 15 is 0 Å². The van der Waals surface area contributed by atoms with Gasteiger partial charge in [0.15, 0.2) is 6.20 Å². The molecule has 2 unspecified atom stereocenters. The van der Waals surface area contributed by atoms with Crippen LogP contribution < -0.4 is 10.0 Å². The Morgan fingerprint density at radius 3 is 2.54 bits per heavy atom. The van der Waals surface area contributed by atoms with Gasteiger partial charge in [-0.2, -0.15) is 4.73 Å². The van der Waals surface area contributed by atoms with E-state index in [0.717, 1.165) is 37.9 Å². The van der Waals surface area contributed by atoms with Crippen molar-refractivity contribution < 1.29 is 23.4 Å². The highest BCUT2D eigenvalue weighted by atomic mass is 19.1. The Morgan fingerprint density at radius 2 is 1.82 bits per heavy atom. The summed E-state index contributed by atoms with van der Waals surface area (Å²) in [4.78, 5) is 13.3. The lowest BCUT2D eigenvalue weighted by molar-refractivity contribution is -0.615. The van der Waals surface area contributed by atoms with Gasteiger partial charge < -0.3 is 20.0 Å². The summed E-state index contributed by atoms with van der Waals surface area (Å²) >= 11 is 0. The van der Waals surface area contributed by atoms with Crippen molar-refractivity contribution in [3.05, 3.63) is 141 Å². The molecule has 5 aromatic rings. The summed E-state index contributed by atoms with van der Waals surface area (Å²) in [6, 6.07) is 24.1. The van der Waals surface area contributed by atoms with Crippen LogP contribution in [0.4, 0.5) is 4.39 Å². The van der Waals surface area contributed by atoms with Gasteiger partial charge in [0, 0.05) is 17.5 Å². The lowest BCUT2D eigenvalue weighted by atomic mass is 9.93. The van der Waals surface area contributed by atoms with Crippen LogP contribution in [0.5, 0.6) is 0 Å². The fourth-order valence-corrected chi connectivity index (χ4v) is 4.98. The molecule has 5 rings (SSSR count). The molecule has 0 bridgehead atoms. The van der Waals surface area contributed by atoms with Crippen molar-refractivity contribution in [2.75, 3.05) is 6.61 Å². The molecule has 198 valence electrons. The second-order valence-electron chi connectivity index (χ2n) is 9.80. The fourth-order valence-electron chi connectivity index (χ4n) is 4.98. The number of carbonyl (C=O) groups excluding carboxylic acids is 1. The van der Waals surface area contributed by atoms with Crippen molar-refractivity contribution in [2.24, 2.45) is 0 Å². The van der Waals surface area contributed by atoms with Crippen LogP contribution >= 0.6 is 0 Å². The van der Waals surface area contributed by atoms with Crippen LogP contribution in [0.2, 0.25) is 0 Å². The standard InChI is InChI=1S/C32H29FN2O4/c1-20-6-12-26(21(2)15-20)32(23-8-10-25(33)11-9-23)34-31(37)17-22-7-13-29-24(16-22)18-30(39-29)27(19-36)28-5-3-4-14-35(28)38/h3-16,18,27,32,36H,17,19H2,1-2H3,(H,34,37). The zero-order valence-corrected chi connectivity index (χ0v) is 21.7. The lowest BCUT2D eigenvalue weighted by Crippen LogP contribution is -2.33. The summed E-state index contributed by atoms with van der Waals surface area (Å²) in [6.45, 7) is 3.73. The normalized spacial score (nSPS) is 12.8. The number of amides is 1. The Morgan fingerprint density at radius 1 is 1.03 bits per heavy atom. The largest absolute Gasteiger partial charge is 0.618 e. The van der Waals surface area contributed by atoms with Gasteiger partial charge in [0.1, 0.15) is 23.1 Å². The zero-order chi connectivity index (χ0) is 27.5. The van der Waals surface area contributed by atoms with E-state index in [4.69, 9.17) is 4.42 Å². The molecule has 2 heterocycles. The number of nitrogens with one attached hydrogen (secondary N) is 1. The molecule has 0 aliphatic heterocycles. The van der Waals surface area contributed by atoms with Gasteiger partial charge >= 0.3 is 0 Å². The number of furan rings is 1. The van der Waals surface area contributed by atoms with Gasteiger partial charge in [0.2, 0.25) is 11.6 Å². The molecule has 0 saturated heterocycles. The quantitative estimate of drug-likeness (QED) is 0.210. The number of fused-ring (bicyclic) bond motifs is 1. The number of aromatic nitrogens is 1. The van der Waals surface area contributed by atoms with Crippen molar-refractivity contribution in [1.82, 2.24) is 5.32 Å². The Kier molecular flexibility index (Phi) is 7.43. The molecule has 39 heavy (non-hydrogen) atoms. The van der Waals surface area contributed by atoms with Crippen molar-refractivity contribution in [3.63, 3.8) is 0 Å².